The number of hydrogen-bond donors (Lipinski definition) is 1. The summed E-state index contributed by atoms with van der Waals surface area (Å²) in [7, 11) is 0. The van der Waals surface area contributed by atoms with Gasteiger partial charge in [-0.05, 0) is 17.5 Å². The monoisotopic (exact) mass is 445 g/mol. The standard InChI is InChI=1S/C18H18F3N3OS3/c19-18(20,21)14-8-15(16-2-1-5-27-16)23-17(13(14)9-22)28-11-12(25)10-24-3-6-26-7-4-24/h1-2,5,8,12,25H,3-4,6-7,10-11H2. The van der Waals surface area contributed by atoms with Crippen LogP contribution in [-0.2, 0) is 6.18 Å². The first-order chi connectivity index (χ1) is 13.4. The summed E-state index contributed by atoms with van der Waals surface area (Å²) in [6, 6.07) is 6.01. The minimum Gasteiger partial charge on any atom is -0.391 e. The van der Waals surface area contributed by atoms with E-state index in [1.807, 2.05) is 11.8 Å². The van der Waals surface area contributed by atoms with Gasteiger partial charge in [0.1, 0.15) is 11.1 Å². The molecule has 2 aromatic heterocycles. The molecule has 0 bridgehead atoms. The minimum absolute atomic E-state index is 0.00831. The molecule has 1 aliphatic heterocycles. The predicted octanol–water partition coefficient (Wildman–Crippen LogP) is 4.20. The molecule has 150 valence electrons. The van der Waals surface area contributed by atoms with E-state index in [-0.39, 0.29) is 16.5 Å². The number of nitriles is 1. The van der Waals surface area contributed by atoms with Crippen molar-refractivity contribution in [3.05, 3.63) is 34.7 Å². The van der Waals surface area contributed by atoms with Gasteiger partial charge >= 0.3 is 6.18 Å². The number of thioether (sulfide) groups is 2. The molecule has 0 aliphatic carbocycles. The van der Waals surface area contributed by atoms with Crippen molar-refractivity contribution in [1.29, 1.82) is 5.26 Å². The van der Waals surface area contributed by atoms with Gasteiger partial charge in [-0.15, -0.1) is 23.1 Å². The summed E-state index contributed by atoms with van der Waals surface area (Å²) in [4.78, 5) is 7.04. The molecule has 0 radical (unpaired) electrons. The van der Waals surface area contributed by atoms with Crippen LogP contribution in [0.2, 0.25) is 0 Å². The highest BCUT2D eigenvalue weighted by molar-refractivity contribution is 7.99. The van der Waals surface area contributed by atoms with E-state index in [0.717, 1.165) is 42.4 Å². The molecule has 0 aromatic carbocycles. The van der Waals surface area contributed by atoms with Gasteiger partial charge in [0.2, 0.25) is 0 Å². The molecule has 2 aromatic rings. The Labute approximate surface area is 173 Å². The number of rotatable bonds is 6. The van der Waals surface area contributed by atoms with E-state index in [0.29, 0.717) is 11.4 Å². The number of halogens is 3. The molecule has 1 saturated heterocycles. The number of alkyl halides is 3. The SMILES string of the molecule is N#Cc1c(C(F)(F)F)cc(-c2cccs2)nc1SCC(O)CN1CCSCC1. The van der Waals surface area contributed by atoms with Crippen LogP contribution in [0.5, 0.6) is 0 Å². The summed E-state index contributed by atoms with van der Waals surface area (Å²) in [6.45, 7) is 2.24. The lowest BCUT2D eigenvalue weighted by molar-refractivity contribution is -0.138. The van der Waals surface area contributed by atoms with Gasteiger partial charge in [-0.1, -0.05) is 6.07 Å². The van der Waals surface area contributed by atoms with Crippen LogP contribution < -0.4 is 0 Å². The number of aromatic nitrogens is 1. The first kappa shape index (κ1) is 21.5. The third-order valence-electron chi connectivity index (χ3n) is 4.16. The Balaban J connectivity index is 1.82. The van der Waals surface area contributed by atoms with Gasteiger partial charge in [-0.2, -0.15) is 30.2 Å². The van der Waals surface area contributed by atoms with Gasteiger partial charge in [-0.3, -0.25) is 4.90 Å². The molecular weight excluding hydrogens is 427 g/mol. The second-order valence-corrected chi connectivity index (χ2v) is 9.38. The van der Waals surface area contributed by atoms with E-state index in [1.165, 1.54) is 11.3 Å². The number of β-amino-alcohol motifs (C(OH)–C–C–N with tert-alkyl or cyclic N) is 1. The topological polar surface area (TPSA) is 60.1 Å². The van der Waals surface area contributed by atoms with Crippen molar-refractivity contribution in [2.24, 2.45) is 0 Å². The number of thiophene rings is 1. The molecule has 3 rings (SSSR count). The van der Waals surface area contributed by atoms with E-state index in [9.17, 15) is 23.5 Å². The molecule has 1 aliphatic rings. The third kappa shape index (κ3) is 5.42. The molecule has 1 N–H and O–H groups in total. The second kappa shape index (κ2) is 9.50. The summed E-state index contributed by atoms with van der Waals surface area (Å²) < 4.78 is 40.5. The fraction of sp³-hybridized carbons (Fsp3) is 0.444. The lowest BCUT2D eigenvalue weighted by Gasteiger charge is -2.28. The van der Waals surface area contributed by atoms with Crippen LogP contribution in [0, 0.1) is 11.3 Å². The van der Waals surface area contributed by atoms with E-state index in [4.69, 9.17) is 0 Å². The van der Waals surface area contributed by atoms with Gasteiger partial charge < -0.3 is 5.11 Å². The average molecular weight is 446 g/mol. The summed E-state index contributed by atoms with van der Waals surface area (Å²) in [5.74, 6) is 2.20. The van der Waals surface area contributed by atoms with Crippen LogP contribution in [0.3, 0.4) is 0 Å². The van der Waals surface area contributed by atoms with Crippen molar-refractivity contribution in [2.75, 3.05) is 36.9 Å². The molecular formula is C18H18F3N3OS3. The lowest BCUT2D eigenvalue weighted by atomic mass is 10.1. The Morgan fingerprint density at radius 2 is 2.11 bits per heavy atom. The van der Waals surface area contributed by atoms with Crippen LogP contribution >= 0.6 is 34.9 Å². The Bertz CT molecular complexity index is 831. The van der Waals surface area contributed by atoms with E-state index >= 15 is 0 Å². The maximum Gasteiger partial charge on any atom is 0.417 e. The Morgan fingerprint density at radius 1 is 1.36 bits per heavy atom. The maximum absolute atomic E-state index is 13.5. The van der Waals surface area contributed by atoms with Crippen LogP contribution in [0.25, 0.3) is 10.6 Å². The molecule has 0 saturated carbocycles. The zero-order valence-electron chi connectivity index (χ0n) is 14.8. The molecule has 3 heterocycles. The highest BCUT2D eigenvalue weighted by Gasteiger charge is 2.36. The number of nitrogens with zero attached hydrogens (tertiary/aromatic N) is 3. The molecule has 28 heavy (non-hydrogen) atoms. The largest absolute Gasteiger partial charge is 0.417 e. The second-order valence-electron chi connectivity index (χ2n) is 6.20. The fourth-order valence-corrected chi connectivity index (χ4v) is 5.40. The highest BCUT2D eigenvalue weighted by Crippen LogP contribution is 2.38. The lowest BCUT2D eigenvalue weighted by Crippen LogP contribution is -2.39. The normalized spacial score (nSPS) is 16.7. The summed E-state index contributed by atoms with van der Waals surface area (Å²) in [6.07, 6.45) is -5.36. The third-order valence-corrected chi connectivity index (χ3v) is 7.12. The van der Waals surface area contributed by atoms with E-state index in [2.05, 4.69) is 9.88 Å². The number of hydrogen-bond acceptors (Lipinski definition) is 7. The molecule has 1 fully saturated rings. The smallest absolute Gasteiger partial charge is 0.391 e. The highest BCUT2D eigenvalue weighted by atomic mass is 32.2. The Morgan fingerprint density at radius 3 is 2.71 bits per heavy atom. The molecule has 10 heteroatoms. The summed E-state index contributed by atoms with van der Waals surface area (Å²) in [5.41, 5.74) is -1.29. The predicted molar refractivity (Wildman–Crippen MR) is 108 cm³/mol. The first-order valence-corrected chi connectivity index (χ1v) is 11.6. The van der Waals surface area contributed by atoms with Gasteiger partial charge in [0.05, 0.1) is 27.8 Å². The fourth-order valence-electron chi connectivity index (χ4n) is 2.82. The zero-order chi connectivity index (χ0) is 20.1. The zero-order valence-corrected chi connectivity index (χ0v) is 17.2. The van der Waals surface area contributed by atoms with Gasteiger partial charge in [-0.25, -0.2) is 4.98 Å². The summed E-state index contributed by atoms with van der Waals surface area (Å²) >= 11 is 4.15. The van der Waals surface area contributed by atoms with Crippen molar-refractivity contribution in [3.8, 4) is 16.6 Å². The molecule has 1 atom stereocenters. The summed E-state index contributed by atoms with van der Waals surface area (Å²) in [5, 5.41) is 21.4. The number of aliphatic hydroxyl groups excluding tert-OH is 1. The van der Waals surface area contributed by atoms with Crippen LogP contribution in [0.15, 0.2) is 28.6 Å². The average Bonchev–Trinajstić information content (AvgIpc) is 3.20. The van der Waals surface area contributed by atoms with Crippen molar-refractivity contribution in [3.63, 3.8) is 0 Å². The van der Waals surface area contributed by atoms with Crippen molar-refractivity contribution < 1.29 is 18.3 Å². The van der Waals surface area contributed by atoms with Crippen molar-refractivity contribution >= 4 is 34.9 Å². The van der Waals surface area contributed by atoms with Crippen LogP contribution in [0.1, 0.15) is 11.1 Å². The Kier molecular flexibility index (Phi) is 7.28. The van der Waals surface area contributed by atoms with E-state index in [1.54, 1.807) is 23.6 Å². The van der Waals surface area contributed by atoms with Crippen LogP contribution in [-0.4, -0.2) is 58.0 Å². The molecule has 0 spiro atoms. The number of aliphatic hydroxyl groups is 1. The molecule has 0 amide bonds. The van der Waals surface area contributed by atoms with Crippen molar-refractivity contribution in [1.82, 2.24) is 9.88 Å². The van der Waals surface area contributed by atoms with Gasteiger partial charge in [0.25, 0.3) is 0 Å². The van der Waals surface area contributed by atoms with Crippen LogP contribution in [0.4, 0.5) is 13.2 Å². The first-order valence-electron chi connectivity index (χ1n) is 8.55. The Hall–Kier alpha value is -1.25. The quantitative estimate of drug-likeness (QED) is 0.673. The molecule has 4 nitrogen and oxygen atoms in total. The minimum atomic E-state index is -4.65. The van der Waals surface area contributed by atoms with Crippen molar-refractivity contribution in [2.45, 2.75) is 17.3 Å². The van der Waals surface area contributed by atoms with E-state index < -0.39 is 23.4 Å². The number of pyridine rings is 1. The maximum atomic E-state index is 13.5. The van der Waals surface area contributed by atoms with Gasteiger partial charge in [0.15, 0.2) is 0 Å². The van der Waals surface area contributed by atoms with Gasteiger partial charge in [0, 0.05) is 36.9 Å². The molecule has 1 unspecified atom stereocenters.